The zero-order valence-corrected chi connectivity index (χ0v) is 18.7. The lowest BCUT2D eigenvalue weighted by Crippen LogP contribution is -2.39. The largest absolute Gasteiger partial charge is 0.491 e. The topological polar surface area (TPSA) is 108 Å². The zero-order valence-electron chi connectivity index (χ0n) is 18.7. The smallest absolute Gasteiger partial charge is 0.227 e. The van der Waals surface area contributed by atoms with Crippen molar-refractivity contribution < 1.29 is 14.6 Å². The Labute approximate surface area is 184 Å². The number of carbonyl (C=O) groups is 1. The maximum atomic E-state index is 12.1. The molecule has 2 aromatic rings. The molecule has 1 aromatic heterocycles. The van der Waals surface area contributed by atoms with E-state index >= 15 is 0 Å². The number of aliphatic hydroxyl groups is 1. The Hall–Kier alpha value is -3.13. The van der Waals surface area contributed by atoms with Crippen LogP contribution in [-0.2, 0) is 4.79 Å². The number of benzene rings is 1. The molecule has 0 fully saturated rings. The van der Waals surface area contributed by atoms with E-state index in [0.717, 1.165) is 16.9 Å². The Kier molecular flexibility index (Phi) is 9.77. The first kappa shape index (κ1) is 24.1. The number of nitrogens with zero attached hydrogens (tertiary/aromatic N) is 2. The summed E-state index contributed by atoms with van der Waals surface area (Å²) in [5.41, 5.74) is 1.80. The predicted molar refractivity (Wildman–Crippen MR) is 123 cm³/mol. The Morgan fingerprint density at radius 1 is 1.16 bits per heavy atom. The van der Waals surface area contributed by atoms with E-state index in [2.05, 4.69) is 25.9 Å². The van der Waals surface area contributed by atoms with Gasteiger partial charge in [0.2, 0.25) is 5.91 Å². The number of pyridine rings is 1. The zero-order chi connectivity index (χ0) is 22.6. The molecule has 4 N–H and O–H groups in total. The van der Waals surface area contributed by atoms with Gasteiger partial charge in [-0.3, -0.25) is 9.79 Å². The Morgan fingerprint density at radius 3 is 2.52 bits per heavy atom. The first-order valence-corrected chi connectivity index (χ1v) is 10.6. The van der Waals surface area contributed by atoms with Crippen LogP contribution in [0.4, 0.5) is 5.82 Å². The van der Waals surface area contributed by atoms with Crippen LogP contribution in [0, 0.1) is 6.92 Å². The number of aromatic nitrogens is 1. The molecule has 2 rings (SSSR count). The number of hydrogen-bond acceptors (Lipinski definition) is 5. The van der Waals surface area contributed by atoms with Crippen LogP contribution in [0.2, 0.25) is 0 Å². The molecule has 168 valence electrons. The molecule has 0 saturated carbocycles. The van der Waals surface area contributed by atoms with E-state index in [1.54, 1.807) is 12.3 Å². The molecule has 0 saturated heterocycles. The quantitative estimate of drug-likeness (QED) is 0.343. The highest BCUT2D eigenvalue weighted by Gasteiger charge is 2.09. The van der Waals surface area contributed by atoms with Crippen molar-refractivity contribution in [3.05, 3.63) is 53.7 Å². The molecular formula is C23H33N5O3. The number of aliphatic hydroxyl groups excluding tert-OH is 1. The van der Waals surface area contributed by atoms with Gasteiger partial charge in [-0.2, -0.15) is 0 Å². The van der Waals surface area contributed by atoms with Crippen molar-refractivity contribution in [3.63, 3.8) is 0 Å². The van der Waals surface area contributed by atoms with E-state index in [0.29, 0.717) is 24.9 Å². The molecule has 0 radical (unpaired) electrons. The van der Waals surface area contributed by atoms with E-state index in [9.17, 15) is 9.90 Å². The lowest BCUT2D eigenvalue weighted by molar-refractivity contribution is -0.116. The summed E-state index contributed by atoms with van der Waals surface area (Å²) in [6, 6.07) is 11.0. The molecule has 0 aliphatic carbocycles. The van der Waals surface area contributed by atoms with E-state index < -0.39 is 6.10 Å². The first-order chi connectivity index (χ1) is 14.9. The molecular weight excluding hydrogens is 394 g/mol. The summed E-state index contributed by atoms with van der Waals surface area (Å²) < 4.78 is 5.62. The van der Waals surface area contributed by atoms with Crippen LogP contribution in [-0.4, -0.2) is 47.7 Å². The van der Waals surface area contributed by atoms with Gasteiger partial charge in [0.15, 0.2) is 5.96 Å². The van der Waals surface area contributed by atoms with Gasteiger partial charge in [-0.15, -0.1) is 0 Å². The van der Waals surface area contributed by atoms with Crippen LogP contribution in [0.25, 0.3) is 0 Å². The maximum absolute atomic E-state index is 12.1. The number of ether oxygens (including phenoxy) is 1. The van der Waals surface area contributed by atoms with Crippen molar-refractivity contribution in [1.82, 2.24) is 15.6 Å². The molecule has 0 aliphatic heterocycles. The van der Waals surface area contributed by atoms with Gasteiger partial charge in [0.25, 0.3) is 0 Å². The van der Waals surface area contributed by atoms with Gasteiger partial charge < -0.3 is 25.8 Å². The third-order valence-corrected chi connectivity index (χ3v) is 4.23. The van der Waals surface area contributed by atoms with Crippen molar-refractivity contribution in [2.75, 3.05) is 25.0 Å². The molecule has 0 spiro atoms. The molecule has 1 heterocycles. The number of anilines is 1. The number of aryl methyl sites for hydroxylation is 1. The van der Waals surface area contributed by atoms with Gasteiger partial charge in [0.05, 0.1) is 18.8 Å². The maximum Gasteiger partial charge on any atom is 0.227 e. The minimum Gasteiger partial charge on any atom is -0.491 e. The summed E-state index contributed by atoms with van der Waals surface area (Å²) in [7, 11) is 0. The van der Waals surface area contributed by atoms with Gasteiger partial charge in [-0.05, 0) is 57.0 Å². The number of guanidine groups is 1. The number of aliphatic imine (C=N–C) groups is 1. The van der Waals surface area contributed by atoms with Crippen molar-refractivity contribution in [3.8, 4) is 5.75 Å². The SMILES string of the molecule is CCNC(=NCC(O)c1ccc(OC(C)C)cc1)NCCC(=O)Nc1ccc(C)cn1. The molecule has 31 heavy (non-hydrogen) atoms. The van der Waals surface area contributed by atoms with Gasteiger partial charge in [0.1, 0.15) is 11.6 Å². The van der Waals surface area contributed by atoms with E-state index in [1.165, 1.54) is 0 Å². The molecule has 1 amide bonds. The normalized spacial score (nSPS) is 12.4. The molecule has 0 aliphatic rings. The molecule has 8 nitrogen and oxygen atoms in total. The molecule has 1 unspecified atom stereocenters. The third-order valence-electron chi connectivity index (χ3n) is 4.23. The number of nitrogens with one attached hydrogen (secondary N) is 3. The van der Waals surface area contributed by atoms with Gasteiger partial charge in [-0.25, -0.2) is 4.98 Å². The van der Waals surface area contributed by atoms with Gasteiger partial charge >= 0.3 is 0 Å². The fourth-order valence-electron chi connectivity index (χ4n) is 2.71. The molecule has 8 heteroatoms. The van der Waals surface area contributed by atoms with E-state index in [4.69, 9.17) is 4.74 Å². The summed E-state index contributed by atoms with van der Waals surface area (Å²) in [5.74, 6) is 1.71. The minimum atomic E-state index is -0.737. The molecule has 1 atom stereocenters. The van der Waals surface area contributed by atoms with Crippen LogP contribution in [0.3, 0.4) is 0 Å². The monoisotopic (exact) mass is 427 g/mol. The van der Waals surface area contributed by atoms with Crippen molar-refractivity contribution >= 4 is 17.7 Å². The predicted octanol–water partition coefficient (Wildman–Crippen LogP) is 2.79. The van der Waals surface area contributed by atoms with E-state index in [1.807, 2.05) is 58.0 Å². The van der Waals surface area contributed by atoms with Crippen LogP contribution >= 0.6 is 0 Å². The van der Waals surface area contributed by atoms with E-state index in [-0.39, 0.29) is 25.0 Å². The number of hydrogen-bond donors (Lipinski definition) is 4. The van der Waals surface area contributed by atoms with Crippen LogP contribution in [0.5, 0.6) is 5.75 Å². The standard InChI is InChI=1S/C23H33N5O3/c1-5-24-23(25-13-12-22(30)28-21-11-6-17(4)14-26-21)27-15-20(29)18-7-9-19(10-8-18)31-16(2)3/h6-11,14,16,20,29H,5,12-13,15H2,1-4H3,(H2,24,25,27)(H,26,28,30). The first-order valence-electron chi connectivity index (χ1n) is 10.6. The molecule has 1 aromatic carbocycles. The van der Waals surface area contributed by atoms with Crippen molar-refractivity contribution in [2.45, 2.75) is 46.3 Å². The summed E-state index contributed by atoms with van der Waals surface area (Å²) in [6.45, 7) is 9.10. The Bertz CT molecular complexity index is 835. The fourth-order valence-corrected chi connectivity index (χ4v) is 2.71. The highest BCUT2D eigenvalue weighted by molar-refractivity contribution is 5.90. The lowest BCUT2D eigenvalue weighted by Gasteiger charge is -2.14. The average molecular weight is 428 g/mol. The van der Waals surface area contributed by atoms with Gasteiger partial charge in [0, 0.05) is 25.7 Å². The van der Waals surface area contributed by atoms with Crippen molar-refractivity contribution in [2.24, 2.45) is 4.99 Å². The lowest BCUT2D eigenvalue weighted by atomic mass is 10.1. The summed E-state index contributed by atoms with van der Waals surface area (Å²) in [6.07, 6.45) is 1.34. The molecule has 0 bridgehead atoms. The second-order valence-electron chi connectivity index (χ2n) is 7.42. The highest BCUT2D eigenvalue weighted by Crippen LogP contribution is 2.19. The average Bonchev–Trinajstić information content (AvgIpc) is 2.73. The number of amides is 1. The Balaban J connectivity index is 1.82. The third kappa shape index (κ3) is 9.04. The second kappa shape index (κ2) is 12.5. The second-order valence-corrected chi connectivity index (χ2v) is 7.42. The summed E-state index contributed by atoms with van der Waals surface area (Å²) >= 11 is 0. The summed E-state index contributed by atoms with van der Waals surface area (Å²) in [5, 5.41) is 19.4. The van der Waals surface area contributed by atoms with Crippen LogP contribution in [0.1, 0.15) is 44.4 Å². The number of rotatable bonds is 10. The van der Waals surface area contributed by atoms with Crippen LogP contribution < -0.4 is 20.7 Å². The highest BCUT2D eigenvalue weighted by atomic mass is 16.5. The number of carbonyl (C=O) groups excluding carboxylic acids is 1. The summed E-state index contributed by atoms with van der Waals surface area (Å²) in [4.78, 5) is 20.7. The van der Waals surface area contributed by atoms with Crippen molar-refractivity contribution in [1.29, 1.82) is 0 Å². The van der Waals surface area contributed by atoms with Crippen LogP contribution in [0.15, 0.2) is 47.6 Å². The Morgan fingerprint density at radius 2 is 1.90 bits per heavy atom. The van der Waals surface area contributed by atoms with Gasteiger partial charge in [-0.1, -0.05) is 18.2 Å². The fraction of sp³-hybridized carbons (Fsp3) is 0.435. The minimum absolute atomic E-state index is 0.101.